The minimum Gasteiger partial charge on any atom is -0.463 e. The van der Waals surface area contributed by atoms with Crippen molar-refractivity contribution in [2.24, 2.45) is 0 Å². The number of hydrogen-bond acceptors (Lipinski definition) is 5. The summed E-state index contributed by atoms with van der Waals surface area (Å²) >= 11 is 0. The van der Waals surface area contributed by atoms with Crippen molar-refractivity contribution in [1.29, 1.82) is 0 Å². The van der Waals surface area contributed by atoms with Crippen molar-refractivity contribution in [2.75, 3.05) is 13.2 Å². The highest BCUT2D eigenvalue weighted by Crippen LogP contribution is 2.38. The zero-order valence-electron chi connectivity index (χ0n) is 16.0. The molecule has 0 aliphatic carbocycles. The number of carbonyl (C=O) groups excluding carboxylic acids is 1. The third-order valence-corrected chi connectivity index (χ3v) is 8.82. The molecule has 0 aromatic heterocycles. The Bertz CT molecular complexity index is 465. The molecule has 6 heteroatoms. The van der Waals surface area contributed by atoms with Crippen molar-refractivity contribution in [3.63, 3.8) is 0 Å². The Morgan fingerprint density at radius 1 is 1.21 bits per heavy atom. The van der Waals surface area contributed by atoms with Gasteiger partial charge < -0.3 is 18.6 Å². The van der Waals surface area contributed by atoms with Crippen LogP contribution < -0.4 is 0 Å². The predicted octanol–water partition coefficient (Wildman–Crippen LogP) is 3.81. The molecular weight excluding hydrogens is 324 g/mol. The van der Waals surface area contributed by atoms with E-state index in [1.54, 1.807) is 13.0 Å². The van der Waals surface area contributed by atoms with E-state index < -0.39 is 14.6 Å². The number of carbonyl (C=O) groups is 1. The molecule has 0 aromatic rings. The van der Waals surface area contributed by atoms with Gasteiger partial charge in [-0.2, -0.15) is 0 Å². The van der Waals surface area contributed by atoms with Gasteiger partial charge in [0.05, 0.1) is 12.7 Å². The maximum Gasteiger partial charge on any atom is 0.330 e. The van der Waals surface area contributed by atoms with E-state index in [4.69, 9.17) is 18.6 Å². The summed E-state index contributed by atoms with van der Waals surface area (Å²) in [6.07, 6.45) is 5.90. The Kier molecular flexibility index (Phi) is 7.86. The van der Waals surface area contributed by atoms with Crippen LogP contribution in [0.5, 0.6) is 0 Å². The summed E-state index contributed by atoms with van der Waals surface area (Å²) in [5, 5.41) is 0.0903. The maximum atomic E-state index is 11.6. The van der Waals surface area contributed by atoms with E-state index in [1.807, 2.05) is 19.1 Å². The lowest BCUT2D eigenvalue weighted by atomic mass is 10.1. The van der Waals surface area contributed by atoms with Gasteiger partial charge in [0, 0.05) is 12.7 Å². The third-order valence-electron chi connectivity index (χ3n) is 4.35. The standard InChI is InChI=1S/C18H32O5Si/c1-8-20-16(19)12-10-14-15(11-13-17(22-14)21-9-2)23-24(6,7)18(3,4)5/h10-15,17H,8-9H2,1-7H3/b12-10+/t14-,15+,17+/m1/s1. The van der Waals surface area contributed by atoms with Gasteiger partial charge >= 0.3 is 5.97 Å². The summed E-state index contributed by atoms with van der Waals surface area (Å²) in [5.74, 6) is -0.380. The summed E-state index contributed by atoms with van der Waals surface area (Å²) in [6, 6.07) is 0. The monoisotopic (exact) mass is 356 g/mol. The lowest BCUT2D eigenvalue weighted by Gasteiger charge is -2.41. The third kappa shape index (κ3) is 6.16. The van der Waals surface area contributed by atoms with E-state index in [-0.39, 0.29) is 23.2 Å². The Labute approximate surface area is 147 Å². The normalized spacial score (nSPS) is 25.2. The number of ether oxygens (including phenoxy) is 3. The van der Waals surface area contributed by atoms with Crippen LogP contribution in [-0.2, 0) is 23.4 Å². The van der Waals surface area contributed by atoms with Crippen molar-refractivity contribution in [3.05, 3.63) is 24.3 Å². The van der Waals surface area contributed by atoms with Crippen LogP contribution in [-0.4, -0.2) is 46.0 Å². The Morgan fingerprint density at radius 3 is 2.42 bits per heavy atom. The summed E-state index contributed by atoms with van der Waals surface area (Å²) in [6.45, 7) is 15.6. The second kappa shape index (κ2) is 8.94. The molecular formula is C18H32O5Si. The van der Waals surface area contributed by atoms with Crippen molar-refractivity contribution in [2.45, 2.75) is 71.2 Å². The second-order valence-corrected chi connectivity index (χ2v) is 12.0. The number of hydrogen-bond donors (Lipinski definition) is 0. The molecule has 3 atom stereocenters. The second-order valence-electron chi connectivity index (χ2n) is 7.26. The molecule has 0 aromatic carbocycles. The molecule has 1 aliphatic rings. The SMILES string of the molecule is CCOC(=O)/C=C/[C@H]1O[C@H](OCC)C=C[C@@H]1O[Si](C)(C)C(C)(C)C. The highest BCUT2D eigenvalue weighted by molar-refractivity contribution is 6.74. The average molecular weight is 357 g/mol. The highest BCUT2D eigenvalue weighted by Gasteiger charge is 2.41. The molecule has 0 N–H and O–H groups in total. The summed E-state index contributed by atoms with van der Waals surface area (Å²) in [4.78, 5) is 11.6. The van der Waals surface area contributed by atoms with Crippen LogP contribution in [0.2, 0.25) is 18.1 Å². The van der Waals surface area contributed by atoms with Crippen molar-refractivity contribution >= 4 is 14.3 Å². The molecule has 0 fully saturated rings. The average Bonchev–Trinajstić information content (AvgIpc) is 2.46. The van der Waals surface area contributed by atoms with Gasteiger partial charge in [0.1, 0.15) is 6.10 Å². The molecule has 0 saturated heterocycles. The zero-order valence-corrected chi connectivity index (χ0v) is 17.0. The van der Waals surface area contributed by atoms with Gasteiger partial charge in [0.2, 0.25) is 0 Å². The molecule has 0 amide bonds. The van der Waals surface area contributed by atoms with Crippen molar-refractivity contribution < 1.29 is 23.4 Å². The first-order valence-corrected chi connectivity index (χ1v) is 11.5. The van der Waals surface area contributed by atoms with Crippen LogP contribution in [0, 0.1) is 0 Å². The highest BCUT2D eigenvalue weighted by atomic mass is 28.4. The number of esters is 1. The van der Waals surface area contributed by atoms with Gasteiger partial charge in [-0.05, 0) is 44.1 Å². The molecule has 1 aliphatic heterocycles. The molecule has 0 spiro atoms. The molecule has 0 bridgehead atoms. The van der Waals surface area contributed by atoms with Crippen LogP contribution in [0.25, 0.3) is 0 Å². The summed E-state index contributed by atoms with van der Waals surface area (Å²) in [5.41, 5.74) is 0. The lowest BCUT2D eigenvalue weighted by molar-refractivity contribution is -0.152. The van der Waals surface area contributed by atoms with E-state index in [1.165, 1.54) is 6.08 Å². The topological polar surface area (TPSA) is 54.0 Å². The number of rotatable bonds is 7. The first kappa shape index (κ1) is 21.1. The Hall–Kier alpha value is -0.953. The fourth-order valence-electron chi connectivity index (χ4n) is 1.99. The Morgan fingerprint density at radius 2 is 1.88 bits per heavy atom. The zero-order chi connectivity index (χ0) is 18.4. The first-order chi connectivity index (χ1) is 11.1. The van der Waals surface area contributed by atoms with Crippen molar-refractivity contribution in [1.82, 2.24) is 0 Å². The van der Waals surface area contributed by atoms with E-state index in [0.29, 0.717) is 13.2 Å². The van der Waals surface area contributed by atoms with Crippen LogP contribution in [0.3, 0.4) is 0 Å². The fraction of sp³-hybridized carbons (Fsp3) is 0.722. The largest absolute Gasteiger partial charge is 0.463 e. The van der Waals surface area contributed by atoms with Gasteiger partial charge in [-0.1, -0.05) is 26.8 Å². The van der Waals surface area contributed by atoms with Crippen LogP contribution in [0.1, 0.15) is 34.6 Å². The van der Waals surface area contributed by atoms with E-state index in [2.05, 4.69) is 33.9 Å². The molecule has 24 heavy (non-hydrogen) atoms. The van der Waals surface area contributed by atoms with E-state index in [9.17, 15) is 4.79 Å². The van der Waals surface area contributed by atoms with Crippen LogP contribution in [0.15, 0.2) is 24.3 Å². The molecule has 0 unspecified atom stereocenters. The van der Waals surface area contributed by atoms with Gasteiger partial charge in [0.25, 0.3) is 0 Å². The van der Waals surface area contributed by atoms with Gasteiger partial charge in [-0.15, -0.1) is 0 Å². The molecule has 0 saturated carbocycles. The molecule has 138 valence electrons. The van der Waals surface area contributed by atoms with E-state index >= 15 is 0 Å². The summed E-state index contributed by atoms with van der Waals surface area (Å²) in [7, 11) is -1.97. The molecule has 1 rings (SSSR count). The van der Waals surface area contributed by atoms with Gasteiger partial charge in [0.15, 0.2) is 14.6 Å². The molecule has 5 nitrogen and oxygen atoms in total. The van der Waals surface area contributed by atoms with Crippen molar-refractivity contribution in [3.8, 4) is 0 Å². The fourth-order valence-corrected chi connectivity index (χ4v) is 3.24. The van der Waals surface area contributed by atoms with Crippen LogP contribution >= 0.6 is 0 Å². The lowest BCUT2D eigenvalue weighted by Crippen LogP contribution is -2.48. The van der Waals surface area contributed by atoms with E-state index in [0.717, 1.165) is 0 Å². The van der Waals surface area contributed by atoms with Gasteiger partial charge in [-0.25, -0.2) is 4.79 Å². The molecule has 1 heterocycles. The predicted molar refractivity (Wildman–Crippen MR) is 97.3 cm³/mol. The Balaban J connectivity index is 2.91. The first-order valence-electron chi connectivity index (χ1n) is 8.59. The molecule has 0 radical (unpaired) electrons. The summed E-state index contributed by atoms with van der Waals surface area (Å²) < 4.78 is 22.8. The maximum absolute atomic E-state index is 11.6. The minimum absolute atomic E-state index is 0.0903. The minimum atomic E-state index is -1.97. The smallest absolute Gasteiger partial charge is 0.330 e. The van der Waals surface area contributed by atoms with Crippen LogP contribution in [0.4, 0.5) is 0 Å². The quantitative estimate of drug-likeness (QED) is 0.300. The van der Waals surface area contributed by atoms with Gasteiger partial charge in [-0.3, -0.25) is 0 Å².